The van der Waals surface area contributed by atoms with Gasteiger partial charge in [0.15, 0.2) is 0 Å². The fourth-order valence-electron chi connectivity index (χ4n) is 1.29. The van der Waals surface area contributed by atoms with Gasteiger partial charge >= 0.3 is 0 Å². The number of nitrogens with zero attached hydrogens (tertiary/aromatic N) is 2. The Morgan fingerprint density at radius 3 is 2.81 bits per heavy atom. The van der Waals surface area contributed by atoms with E-state index in [0.717, 1.165) is 5.56 Å². The van der Waals surface area contributed by atoms with Gasteiger partial charge in [0.25, 0.3) is 6.43 Å². The average molecular weight is 229 g/mol. The molecular weight excluding hydrogens is 216 g/mol. The molecule has 1 unspecified atom stereocenters. The minimum absolute atomic E-state index is 0.172. The lowest BCUT2D eigenvalue weighted by Crippen LogP contribution is -2.31. The van der Waals surface area contributed by atoms with E-state index >= 15 is 0 Å². The van der Waals surface area contributed by atoms with Crippen LogP contribution in [0.25, 0.3) is 0 Å². The van der Waals surface area contributed by atoms with E-state index in [-0.39, 0.29) is 6.54 Å². The smallest absolute Gasteiger partial charge is 0.265 e. The normalized spacial score (nSPS) is 12.8. The highest BCUT2D eigenvalue weighted by molar-refractivity contribution is 5.28. The van der Waals surface area contributed by atoms with Crippen LogP contribution in [0, 0.1) is 11.3 Å². The number of nitrogens with one attached hydrogen (secondary N) is 1. The zero-order valence-electron chi connectivity index (χ0n) is 8.82. The summed E-state index contributed by atoms with van der Waals surface area (Å²) in [5, 5.41) is 20.2. The van der Waals surface area contributed by atoms with Gasteiger partial charge in [-0.15, -0.1) is 0 Å². The van der Waals surface area contributed by atoms with E-state index < -0.39 is 12.5 Å². The van der Waals surface area contributed by atoms with E-state index in [2.05, 4.69) is 5.32 Å². The molecule has 1 heterocycles. The maximum Gasteiger partial charge on any atom is 0.265 e. The molecule has 0 amide bonds. The molecule has 1 atom stereocenters. The van der Waals surface area contributed by atoms with Crippen molar-refractivity contribution in [3.63, 3.8) is 0 Å². The lowest BCUT2D eigenvalue weighted by atomic mass is 10.3. The van der Waals surface area contributed by atoms with Gasteiger partial charge in [-0.05, 0) is 11.6 Å². The Bertz CT molecular complexity index is 384. The third kappa shape index (κ3) is 3.29. The first kappa shape index (κ1) is 12.6. The summed E-state index contributed by atoms with van der Waals surface area (Å²) in [6, 6.07) is 3.67. The van der Waals surface area contributed by atoms with Gasteiger partial charge in [0.05, 0.1) is 0 Å². The van der Waals surface area contributed by atoms with E-state index in [9.17, 15) is 8.78 Å². The van der Waals surface area contributed by atoms with Crippen molar-refractivity contribution in [2.45, 2.75) is 19.1 Å². The van der Waals surface area contributed by atoms with Crippen molar-refractivity contribution in [3.05, 3.63) is 23.5 Å². The summed E-state index contributed by atoms with van der Waals surface area (Å²) in [5.74, 6) is 0. The molecule has 0 fully saturated rings. The molecule has 88 valence electrons. The minimum Gasteiger partial charge on any atom is -0.386 e. The fourth-order valence-corrected chi connectivity index (χ4v) is 1.29. The van der Waals surface area contributed by atoms with Crippen LogP contribution < -0.4 is 5.32 Å². The van der Waals surface area contributed by atoms with Crippen molar-refractivity contribution < 1.29 is 13.9 Å². The van der Waals surface area contributed by atoms with E-state index in [0.29, 0.717) is 12.2 Å². The first-order chi connectivity index (χ1) is 7.54. The molecule has 6 heteroatoms. The SMILES string of the molecule is Cn1cc(CNCC(O)C(F)F)cc1C#N. The van der Waals surface area contributed by atoms with Crippen molar-refractivity contribution in [3.8, 4) is 6.07 Å². The number of hydrogen-bond acceptors (Lipinski definition) is 3. The molecule has 0 aliphatic rings. The quantitative estimate of drug-likeness (QED) is 0.777. The van der Waals surface area contributed by atoms with Crippen LogP contribution in [-0.2, 0) is 13.6 Å². The van der Waals surface area contributed by atoms with Crippen LogP contribution in [0.5, 0.6) is 0 Å². The number of halogens is 2. The Morgan fingerprint density at radius 1 is 1.62 bits per heavy atom. The van der Waals surface area contributed by atoms with Crippen LogP contribution >= 0.6 is 0 Å². The summed E-state index contributed by atoms with van der Waals surface area (Å²) in [7, 11) is 1.73. The van der Waals surface area contributed by atoms with E-state index in [1.807, 2.05) is 6.07 Å². The van der Waals surface area contributed by atoms with E-state index in [1.54, 1.807) is 23.9 Å². The van der Waals surface area contributed by atoms with Crippen molar-refractivity contribution in [2.24, 2.45) is 7.05 Å². The van der Waals surface area contributed by atoms with Crippen LogP contribution in [0.15, 0.2) is 12.3 Å². The molecule has 0 aliphatic heterocycles. The number of aryl methyl sites for hydroxylation is 1. The molecule has 1 aromatic rings. The maximum absolute atomic E-state index is 11.9. The van der Waals surface area contributed by atoms with Crippen LogP contribution in [0.1, 0.15) is 11.3 Å². The highest BCUT2D eigenvalue weighted by Crippen LogP contribution is 2.06. The Hall–Kier alpha value is -1.45. The Morgan fingerprint density at radius 2 is 2.31 bits per heavy atom. The number of aliphatic hydroxyl groups excluding tert-OH is 1. The number of aliphatic hydroxyl groups is 1. The molecule has 4 nitrogen and oxygen atoms in total. The van der Waals surface area contributed by atoms with Crippen LogP contribution in [0.4, 0.5) is 8.78 Å². The molecule has 1 aromatic heterocycles. The highest BCUT2D eigenvalue weighted by Gasteiger charge is 2.15. The van der Waals surface area contributed by atoms with E-state index in [4.69, 9.17) is 10.4 Å². The second-order valence-electron chi connectivity index (χ2n) is 3.49. The summed E-state index contributed by atoms with van der Waals surface area (Å²) < 4.78 is 25.5. The number of alkyl halides is 2. The van der Waals surface area contributed by atoms with Crippen LogP contribution in [0.3, 0.4) is 0 Å². The molecule has 0 saturated heterocycles. The molecule has 1 rings (SSSR count). The summed E-state index contributed by atoms with van der Waals surface area (Å²) >= 11 is 0. The molecule has 0 bridgehead atoms. The summed E-state index contributed by atoms with van der Waals surface area (Å²) in [5.41, 5.74) is 1.33. The largest absolute Gasteiger partial charge is 0.386 e. The standard InChI is InChI=1S/C10H13F2N3O/c1-15-6-7(2-8(15)3-13)4-14-5-9(16)10(11)12/h2,6,9-10,14,16H,4-5H2,1H3. The summed E-state index contributed by atoms with van der Waals surface area (Å²) in [4.78, 5) is 0. The number of hydrogen-bond donors (Lipinski definition) is 2. The molecule has 0 saturated carbocycles. The van der Waals surface area contributed by atoms with Crippen LogP contribution in [0.2, 0.25) is 0 Å². The Kier molecular flexibility index (Phi) is 4.40. The van der Waals surface area contributed by atoms with Gasteiger partial charge in [0, 0.05) is 26.3 Å². The fraction of sp³-hybridized carbons (Fsp3) is 0.500. The highest BCUT2D eigenvalue weighted by atomic mass is 19.3. The Labute approximate surface area is 92.1 Å². The van der Waals surface area contributed by atoms with Crippen molar-refractivity contribution >= 4 is 0 Å². The monoisotopic (exact) mass is 229 g/mol. The zero-order valence-corrected chi connectivity index (χ0v) is 8.82. The second kappa shape index (κ2) is 5.58. The van der Waals surface area contributed by atoms with Crippen molar-refractivity contribution in [2.75, 3.05) is 6.54 Å². The number of aromatic nitrogens is 1. The van der Waals surface area contributed by atoms with Gasteiger partial charge in [0.1, 0.15) is 17.9 Å². The molecule has 0 aliphatic carbocycles. The Balaban J connectivity index is 2.41. The van der Waals surface area contributed by atoms with Crippen molar-refractivity contribution in [1.29, 1.82) is 5.26 Å². The van der Waals surface area contributed by atoms with Crippen molar-refractivity contribution in [1.82, 2.24) is 9.88 Å². The minimum atomic E-state index is -2.74. The third-order valence-corrected chi connectivity index (χ3v) is 2.15. The molecule has 2 N–H and O–H groups in total. The third-order valence-electron chi connectivity index (χ3n) is 2.15. The van der Waals surface area contributed by atoms with Gasteiger partial charge < -0.3 is 15.0 Å². The van der Waals surface area contributed by atoms with Gasteiger partial charge in [-0.1, -0.05) is 0 Å². The predicted molar refractivity (Wildman–Crippen MR) is 53.8 cm³/mol. The molecule has 16 heavy (non-hydrogen) atoms. The lowest BCUT2D eigenvalue weighted by molar-refractivity contribution is -0.00340. The van der Waals surface area contributed by atoms with Gasteiger partial charge in [-0.2, -0.15) is 5.26 Å². The molecule has 0 aromatic carbocycles. The van der Waals surface area contributed by atoms with E-state index in [1.165, 1.54) is 0 Å². The zero-order chi connectivity index (χ0) is 12.1. The average Bonchev–Trinajstić information content (AvgIpc) is 2.58. The molecule has 0 radical (unpaired) electrons. The number of nitriles is 1. The molecular formula is C10H13F2N3O. The van der Waals surface area contributed by atoms with Gasteiger partial charge in [-0.25, -0.2) is 8.78 Å². The van der Waals surface area contributed by atoms with Gasteiger partial charge in [0.2, 0.25) is 0 Å². The molecule has 0 spiro atoms. The topological polar surface area (TPSA) is 61.0 Å². The lowest BCUT2D eigenvalue weighted by Gasteiger charge is -2.09. The first-order valence-corrected chi connectivity index (χ1v) is 4.77. The second-order valence-corrected chi connectivity index (χ2v) is 3.49. The summed E-state index contributed by atoms with van der Waals surface area (Å²) in [6.07, 6.45) is -2.66. The van der Waals surface area contributed by atoms with Gasteiger partial charge in [-0.3, -0.25) is 0 Å². The first-order valence-electron chi connectivity index (χ1n) is 4.77. The summed E-state index contributed by atoms with van der Waals surface area (Å²) in [6.45, 7) is 0.174. The van der Waals surface area contributed by atoms with Crippen LogP contribution in [-0.4, -0.2) is 28.7 Å². The maximum atomic E-state index is 11.9. The number of rotatable bonds is 5. The predicted octanol–water partition coefficient (Wildman–Crippen LogP) is 0.612.